The van der Waals surface area contributed by atoms with Gasteiger partial charge in [-0.1, -0.05) is 19.9 Å². The van der Waals surface area contributed by atoms with Crippen molar-refractivity contribution in [2.75, 3.05) is 0 Å². The van der Waals surface area contributed by atoms with Crippen molar-refractivity contribution >= 4 is 0 Å². The summed E-state index contributed by atoms with van der Waals surface area (Å²) in [7, 11) is 0. The van der Waals surface area contributed by atoms with Gasteiger partial charge in [-0.25, -0.2) is 4.39 Å². The number of rotatable bonds is 1. The fraction of sp³-hybridized carbons (Fsp3) is 0.538. The minimum atomic E-state index is -0.649. The second kappa shape index (κ2) is 4.06. The number of hydrogen-bond donors (Lipinski definition) is 1. The first-order valence-corrected chi connectivity index (χ1v) is 5.65. The molecule has 1 N–H and O–H groups in total. The van der Waals surface area contributed by atoms with Crippen LogP contribution in [-0.4, -0.2) is 17.3 Å². The van der Waals surface area contributed by atoms with Crippen LogP contribution in [0.2, 0.25) is 0 Å². The molecule has 3 atom stereocenters. The molecule has 1 aromatic carbocycles. The summed E-state index contributed by atoms with van der Waals surface area (Å²) in [4.78, 5) is 0. The summed E-state index contributed by atoms with van der Waals surface area (Å²) >= 11 is 0. The van der Waals surface area contributed by atoms with Gasteiger partial charge in [-0.15, -0.1) is 0 Å². The van der Waals surface area contributed by atoms with E-state index in [2.05, 4.69) is 0 Å². The average Bonchev–Trinajstić information content (AvgIpc) is 2.20. The van der Waals surface area contributed by atoms with Gasteiger partial charge in [0.05, 0.1) is 6.10 Å². The molecule has 0 aliphatic carbocycles. The molecule has 1 aliphatic heterocycles. The Morgan fingerprint density at radius 1 is 1.38 bits per heavy atom. The highest BCUT2D eigenvalue weighted by Gasteiger charge is 2.38. The van der Waals surface area contributed by atoms with Crippen LogP contribution < -0.4 is 4.74 Å². The highest BCUT2D eigenvalue weighted by atomic mass is 19.1. The summed E-state index contributed by atoms with van der Waals surface area (Å²) in [5.74, 6) is 0.260. The zero-order valence-electron chi connectivity index (χ0n) is 9.77. The lowest BCUT2D eigenvalue weighted by molar-refractivity contribution is -0.00174. The molecule has 0 saturated heterocycles. The van der Waals surface area contributed by atoms with Crippen molar-refractivity contribution in [1.29, 1.82) is 0 Å². The zero-order chi connectivity index (χ0) is 11.9. The Morgan fingerprint density at radius 3 is 2.69 bits per heavy atom. The fourth-order valence-corrected chi connectivity index (χ4v) is 2.40. The monoisotopic (exact) mass is 224 g/mol. The molecule has 0 aromatic heterocycles. The van der Waals surface area contributed by atoms with E-state index in [9.17, 15) is 9.50 Å². The van der Waals surface area contributed by atoms with Gasteiger partial charge in [0.25, 0.3) is 0 Å². The lowest BCUT2D eigenvalue weighted by Crippen LogP contribution is -2.41. The number of aliphatic hydroxyl groups excluding tert-OH is 1. The Bertz CT molecular complexity index is 390. The molecule has 3 heteroatoms. The molecule has 2 rings (SSSR count). The van der Waals surface area contributed by atoms with Gasteiger partial charge in [0.1, 0.15) is 17.7 Å². The number of hydrogen-bond acceptors (Lipinski definition) is 2. The third-order valence-corrected chi connectivity index (χ3v) is 3.23. The molecule has 1 aromatic rings. The van der Waals surface area contributed by atoms with Crippen LogP contribution in [0.1, 0.15) is 32.3 Å². The van der Waals surface area contributed by atoms with E-state index in [-0.39, 0.29) is 23.8 Å². The molecule has 0 amide bonds. The smallest absolute Gasteiger partial charge is 0.130 e. The van der Waals surface area contributed by atoms with Crippen LogP contribution in [-0.2, 0) is 0 Å². The average molecular weight is 224 g/mol. The molecule has 0 saturated carbocycles. The minimum absolute atomic E-state index is 0.178. The Kier molecular flexibility index (Phi) is 2.89. The van der Waals surface area contributed by atoms with Crippen molar-refractivity contribution in [3.05, 3.63) is 29.6 Å². The maximum absolute atomic E-state index is 13.8. The van der Waals surface area contributed by atoms with Crippen molar-refractivity contribution < 1.29 is 14.2 Å². The van der Waals surface area contributed by atoms with Gasteiger partial charge < -0.3 is 9.84 Å². The first-order valence-electron chi connectivity index (χ1n) is 5.65. The second-order valence-electron chi connectivity index (χ2n) is 4.74. The van der Waals surface area contributed by atoms with Crippen molar-refractivity contribution in [2.24, 2.45) is 5.92 Å². The van der Waals surface area contributed by atoms with Crippen molar-refractivity contribution in [3.8, 4) is 5.75 Å². The normalized spacial score (nSPS) is 28.8. The molecule has 0 bridgehead atoms. The van der Waals surface area contributed by atoms with E-state index in [1.54, 1.807) is 12.1 Å². The van der Waals surface area contributed by atoms with Gasteiger partial charge in [0.2, 0.25) is 0 Å². The molecule has 0 radical (unpaired) electrons. The predicted molar refractivity (Wildman–Crippen MR) is 60.1 cm³/mol. The van der Waals surface area contributed by atoms with Gasteiger partial charge in [-0.2, -0.15) is 0 Å². The number of fused-ring (bicyclic) bond motifs is 1. The van der Waals surface area contributed by atoms with E-state index in [4.69, 9.17) is 4.74 Å². The molecular formula is C13H17FO2. The van der Waals surface area contributed by atoms with Gasteiger partial charge in [-0.3, -0.25) is 0 Å². The molecular weight excluding hydrogens is 207 g/mol. The van der Waals surface area contributed by atoms with Gasteiger partial charge in [-0.05, 0) is 25.0 Å². The third-order valence-electron chi connectivity index (χ3n) is 3.23. The number of aliphatic hydroxyl groups is 1. The van der Waals surface area contributed by atoms with Crippen LogP contribution in [0.25, 0.3) is 0 Å². The predicted octanol–water partition coefficient (Wildman–Crippen LogP) is 2.71. The van der Waals surface area contributed by atoms with Crippen molar-refractivity contribution in [2.45, 2.75) is 38.9 Å². The summed E-state index contributed by atoms with van der Waals surface area (Å²) < 4.78 is 19.3. The molecule has 88 valence electrons. The van der Waals surface area contributed by atoms with Gasteiger partial charge in [0, 0.05) is 11.5 Å². The quantitative estimate of drug-likeness (QED) is 0.794. The second-order valence-corrected chi connectivity index (χ2v) is 4.74. The Morgan fingerprint density at radius 2 is 2.06 bits per heavy atom. The van der Waals surface area contributed by atoms with Gasteiger partial charge >= 0.3 is 0 Å². The third kappa shape index (κ3) is 1.69. The Balaban J connectivity index is 2.54. The fourth-order valence-electron chi connectivity index (χ4n) is 2.40. The molecule has 0 spiro atoms. The topological polar surface area (TPSA) is 29.5 Å². The summed E-state index contributed by atoms with van der Waals surface area (Å²) in [5, 5.41) is 10.1. The van der Waals surface area contributed by atoms with E-state index in [1.165, 1.54) is 6.07 Å². The van der Waals surface area contributed by atoms with Crippen LogP contribution >= 0.6 is 0 Å². The molecule has 2 nitrogen and oxygen atoms in total. The molecule has 1 aliphatic rings. The first kappa shape index (κ1) is 11.4. The summed E-state index contributed by atoms with van der Waals surface area (Å²) in [6, 6.07) is 4.81. The van der Waals surface area contributed by atoms with Crippen LogP contribution in [0.15, 0.2) is 18.2 Å². The summed E-state index contributed by atoms with van der Waals surface area (Å²) in [6.45, 7) is 5.79. The van der Waals surface area contributed by atoms with Crippen molar-refractivity contribution in [3.63, 3.8) is 0 Å². The maximum atomic E-state index is 13.8. The number of ether oxygens (including phenoxy) is 1. The summed E-state index contributed by atoms with van der Waals surface area (Å²) in [5.41, 5.74) is 0.517. The molecule has 0 fully saturated rings. The highest BCUT2D eigenvalue weighted by molar-refractivity contribution is 5.40. The molecule has 0 unspecified atom stereocenters. The lowest BCUT2D eigenvalue weighted by atomic mass is 9.79. The Labute approximate surface area is 95.1 Å². The van der Waals surface area contributed by atoms with Crippen LogP contribution in [0, 0.1) is 11.7 Å². The lowest BCUT2D eigenvalue weighted by Gasteiger charge is -2.37. The van der Waals surface area contributed by atoms with Crippen molar-refractivity contribution in [1.82, 2.24) is 0 Å². The maximum Gasteiger partial charge on any atom is 0.130 e. The zero-order valence-corrected chi connectivity index (χ0v) is 9.77. The van der Waals surface area contributed by atoms with E-state index in [1.807, 2.05) is 20.8 Å². The van der Waals surface area contributed by atoms with E-state index < -0.39 is 6.10 Å². The number of halogens is 1. The van der Waals surface area contributed by atoms with Crippen LogP contribution in [0.3, 0.4) is 0 Å². The molecule has 16 heavy (non-hydrogen) atoms. The largest absolute Gasteiger partial charge is 0.488 e. The highest BCUT2D eigenvalue weighted by Crippen LogP contribution is 2.41. The van der Waals surface area contributed by atoms with Crippen LogP contribution in [0.4, 0.5) is 4.39 Å². The standard InChI is InChI=1S/C13H17FO2/c1-7(2)11-12-9(14)5-4-6-10(12)16-8(3)13(11)15/h4-8,11,13,15H,1-3H3/t8-,11-,13+/m1/s1. The van der Waals surface area contributed by atoms with Gasteiger partial charge in [0.15, 0.2) is 0 Å². The number of benzene rings is 1. The first-order chi connectivity index (χ1) is 7.52. The minimum Gasteiger partial charge on any atom is -0.488 e. The van der Waals surface area contributed by atoms with E-state index >= 15 is 0 Å². The van der Waals surface area contributed by atoms with Crippen LogP contribution in [0.5, 0.6) is 5.75 Å². The Hall–Kier alpha value is -1.09. The SMILES string of the molecule is CC(C)[C@@H]1c2c(F)cccc2O[C@H](C)[C@@H]1O. The molecule has 1 heterocycles. The van der Waals surface area contributed by atoms with E-state index in [0.717, 1.165) is 0 Å². The van der Waals surface area contributed by atoms with E-state index in [0.29, 0.717) is 11.3 Å². The summed E-state index contributed by atoms with van der Waals surface area (Å²) in [6.07, 6.45) is -0.939.